The van der Waals surface area contributed by atoms with E-state index in [1.807, 2.05) is 13.8 Å². The maximum atomic E-state index is 10.4. The van der Waals surface area contributed by atoms with Crippen molar-refractivity contribution >= 4 is 0 Å². The summed E-state index contributed by atoms with van der Waals surface area (Å²) in [5.41, 5.74) is 0.319. The van der Waals surface area contributed by atoms with Gasteiger partial charge in [-0.2, -0.15) is 0 Å². The summed E-state index contributed by atoms with van der Waals surface area (Å²) in [6, 6.07) is 0. The Bertz CT molecular complexity index is 394. The van der Waals surface area contributed by atoms with Crippen molar-refractivity contribution in [3.8, 4) is 0 Å². The van der Waals surface area contributed by atoms with Gasteiger partial charge in [-0.15, -0.1) is 0 Å². The van der Waals surface area contributed by atoms with Crippen LogP contribution in [0.3, 0.4) is 0 Å². The van der Waals surface area contributed by atoms with Gasteiger partial charge in [-0.3, -0.25) is 0 Å². The predicted octanol–water partition coefficient (Wildman–Crippen LogP) is 3.60. The van der Waals surface area contributed by atoms with Crippen LogP contribution >= 0.6 is 0 Å². The molecule has 3 rings (SSSR count). The predicted molar refractivity (Wildman–Crippen MR) is 82.8 cm³/mol. The fourth-order valence-electron chi connectivity index (χ4n) is 5.28. The zero-order valence-electron chi connectivity index (χ0n) is 14.3. The maximum Gasteiger partial charge on any atom is 0.163 e. The average Bonchev–Trinajstić information content (AvgIpc) is 2.51. The van der Waals surface area contributed by atoms with E-state index in [0.717, 1.165) is 19.4 Å². The number of fused-ring (bicyclic) bond motifs is 3. The van der Waals surface area contributed by atoms with Crippen LogP contribution in [0.25, 0.3) is 0 Å². The molecule has 1 aliphatic heterocycles. The molecule has 0 radical (unpaired) electrons. The lowest BCUT2D eigenvalue weighted by molar-refractivity contribution is -0.262. The minimum Gasteiger partial charge on any atom is -0.393 e. The zero-order chi connectivity index (χ0) is 15.4. The molecular weight excluding hydrogens is 264 g/mol. The van der Waals surface area contributed by atoms with Crippen LogP contribution < -0.4 is 0 Å². The Kier molecular flexibility index (Phi) is 3.91. The molecule has 1 N–H and O–H groups in total. The van der Waals surface area contributed by atoms with E-state index in [2.05, 4.69) is 20.8 Å². The van der Waals surface area contributed by atoms with Gasteiger partial charge in [0.15, 0.2) is 5.79 Å². The summed E-state index contributed by atoms with van der Waals surface area (Å²) in [5, 5.41) is 10.4. The van der Waals surface area contributed by atoms with Gasteiger partial charge in [0, 0.05) is 0 Å². The van der Waals surface area contributed by atoms with E-state index in [1.54, 1.807) is 0 Å². The molecule has 0 amide bonds. The number of hydrogen-bond acceptors (Lipinski definition) is 3. The Morgan fingerprint density at radius 1 is 1.05 bits per heavy atom. The summed E-state index contributed by atoms with van der Waals surface area (Å²) in [7, 11) is 0. The first-order valence-electron chi connectivity index (χ1n) is 8.73. The first kappa shape index (κ1) is 15.8. The molecule has 3 aliphatic rings. The highest BCUT2D eigenvalue weighted by Crippen LogP contribution is 2.57. The smallest absolute Gasteiger partial charge is 0.163 e. The van der Waals surface area contributed by atoms with Gasteiger partial charge in [0.05, 0.1) is 18.8 Å². The van der Waals surface area contributed by atoms with Crippen LogP contribution in [0.2, 0.25) is 0 Å². The van der Waals surface area contributed by atoms with Crippen molar-refractivity contribution in [3.05, 3.63) is 0 Å². The summed E-state index contributed by atoms with van der Waals surface area (Å²) in [6.45, 7) is 11.8. The molecule has 122 valence electrons. The van der Waals surface area contributed by atoms with E-state index in [1.165, 1.54) is 12.8 Å². The van der Waals surface area contributed by atoms with Crippen molar-refractivity contribution < 1.29 is 14.6 Å². The molecule has 0 aromatic carbocycles. The highest BCUT2D eigenvalue weighted by atomic mass is 16.7. The van der Waals surface area contributed by atoms with Crippen molar-refractivity contribution in [2.45, 2.75) is 78.3 Å². The van der Waals surface area contributed by atoms with Crippen LogP contribution in [-0.2, 0) is 9.47 Å². The van der Waals surface area contributed by atoms with E-state index in [4.69, 9.17) is 9.47 Å². The third-order valence-electron chi connectivity index (χ3n) is 6.66. The van der Waals surface area contributed by atoms with Crippen molar-refractivity contribution in [2.75, 3.05) is 6.61 Å². The minimum atomic E-state index is -0.506. The highest BCUT2D eigenvalue weighted by molar-refractivity contribution is 5.03. The number of rotatable bonds is 0. The summed E-state index contributed by atoms with van der Waals surface area (Å²) >= 11 is 0. The minimum absolute atomic E-state index is 0.173. The first-order valence-corrected chi connectivity index (χ1v) is 8.73. The van der Waals surface area contributed by atoms with Crippen LogP contribution in [0, 0.1) is 29.1 Å². The van der Waals surface area contributed by atoms with Gasteiger partial charge in [-0.1, -0.05) is 20.8 Å². The van der Waals surface area contributed by atoms with Crippen LogP contribution in [0.4, 0.5) is 0 Å². The van der Waals surface area contributed by atoms with Crippen LogP contribution in [0.15, 0.2) is 0 Å². The van der Waals surface area contributed by atoms with Gasteiger partial charge in [0.25, 0.3) is 0 Å². The molecular formula is C18H32O3. The second-order valence-corrected chi connectivity index (χ2v) is 8.62. The topological polar surface area (TPSA) is 38.7 Å². The Morgan fingerprint density at radius 2 is 1.71 bits per heavy atom. The molecule has 3 heteroatoms. The number of hydrogen-bond donors (Lipinski definition) is 1. The van der Waals surface area contributed by atoms with Crippen LogP contribution in [-0.4, -0.2) is 29.7 Å². The Balaban J connectivity index is 1.95. The van der Waals surface area contributed by atoms with Gasteiger partial charge in [-0.05, 0) is 68.6 Å². The molecule has 0 bridgehead atoms. The van der Waals surface area contributed by atoms with Crippen molar-refractivity contribution in [1.82, 2.24) is 0 Å². The number of aliphatic hydroxyl groups is 1. The molecule has 21 heavy (non-hydrogen) atoms. The molecule has 0 unspecified atom stereocenters. The SMILES string of the molecule is C[C@@H]1[C@@H]2[C@H]3OC(C)(C)OC[C@@H](C)[C@@H]3CC[C@@]2(C)CC[C@@H]1O. The van der Waals surface area contributed by atoms with Crippen LogP contribution in [0.1, 0.15) is 60.3 Å². The lowest BCUT2D eigenvalue weighted by Crippen LogP contribution is -2.56. The fraction of sp³-hybridized carbons (Fsp3) is 1.00. The lowest BCUT2D eigenvalue weighted by Gasteiger charge is -2.56. The Hall–Kier alpha value is -0.120. The molecule has 7 atom stereocenters. The quantitative estimate of drug-likeness (QED) is 0.742. The molecule has 0 spiro atoms. The van der Waals surface area contributed by atoms with E-state index >= 15 is 0 Å². The van der Waals surface area contributed by atoms with E-state index in [-0.39, 0.29) is 12.2 Å². The zero-order valence-corrected chi connectivity index (χ0v) is 14.3. The molecule has 2 aliphatic carbocycles. The molecule has 3 fully saturated rings. The van der Waals surface area contributed by atoms with E-state index < -0.39 is 5.79 Å². The highest BCUT2D eigenvalue weighted by Gasteiger charge is 2.55. The van der Waals surface area contributed by atoms with Crippen molar-refractivity contribution in [1.29, 1.82) is 0 Å². The van der Waals surface area contributed by atoms with Gasteiger partial charge < -0.3 is 14.6 Å². The Labute approximate surface area is 129 Å². The molecule has 0 aromatic rings. The molecule has 1 saturated heterocycles. The molecule has 2 saturated carbocycles. The maximum absolute atomic E-state index is 10.4. The summed E-state index contributed by atoms with van der Waals surface area (Å²) in [4.78, 5) is 0. The monoisotopic (exact) mass is 296 g/mol. The molecule has 3 nitrogen and oxygen atoms in total. The standard InChI is InChI=1S/C18H32O3/c1-11-10-20-17(3,4)21-16-13(11)6-8-18(5)9-7-14(19)12(2)15(16)18/h11-16,19H,6-10H2,1-5H3/t11-,12+,13+,14+,15-,16+,18+/m1/s1. The third-order valence-corrected chi connectivity index (χ3v) is 6.66. The van der Waals surface area contributed by atoms with Crippen molar-refractivity contribution in [2.24, 2.45) is 29.1 Å². The van der Waals surface area contributed by atoms with E-state index in [0.29, 0.717) is 29.1 Å². The summed E-state index contributed by atoms with van der Waals surface area (Å²) in [5.74, 6) is 1.36. The molecule has 0 aromatic heterocycles. The fourth-order valence-corrected chi connectivity index (χ4v) is 5.28. The van der Waals surface area contributed by atoms with Crippen LogP contribution in [0.5, 0.6) is 0 Å². The number of aliphatic hydroxyl groups excluding tert-OH is 1. The van der Waals surface area contributed by atoms with Gasteiger partial charge in [0.2, 0.25) is 0 Å². The first-order chi connectivity index (χ1) is 9.73. The summed E-state index contributed by atoms with van der Waals surface area (Å²) < 4.78 is 12.5. The molecule has 1 heterocycles. The van der Waals surface area contributed by atoms with Crippen molar-refractivity contribution in [3.63, 3.8) is 0 Å². The van der Waals surface area contributed by atoms with E-state index in [9.17, 15) is 5.11 Å². The van der Waals surface area contributed by atoms with Gasteiger partial charge >= 0.3 is 0 Å². The largest absolute Gasteiger partial charge is 0.393 e. The number of ether oxygens (including phenoxy) is 2. The second-order valence-electron chi connectivity index (χ2n) is 8.62. The Morgan fingerprint density at radius 3 is 2.43 bits per heavy atom. The van der Waals surface area contributed by atoms with Gasteiger partial charge in [0.1, 0.15) is 0 Å². The average molecular weight is 296 g/mol. The lowest BCUT2D eigenvalue weighted by atomic mass is 9.52. The second kappa shape index (κ2) is 5.21. The third kappa shape index (κ3) is 2.66. The van der Waals surface area contributed by atoms with Gasteiger partial charge in [-0.25, -0.2) is 0 Å². The normalized spacial score (nSPS) is 53.4. The summed E-state index contributed by atoms with van der Waals surface area (Å²) in [6.07, 6.45) is 4.63.